The van der Waals surface area contributed by atoms with Crippen LogP contribution in [0, 0.1) is 12.7 Å². The van der Waals surface area contributed by atoms with E-state index in [0.29, 0.717) is 38.9 Å². The van der Waals surface area contributed by atoms with Gasteiger partial charge >= 0.3 is 0 Å². The van der Waals surface area contributed by atoms with Crippen molar-refractivity contribution < 1.29 is 18.7 Å². The van der Waals surface area contributed by atoms with Crippen molar-refractivity contribution in [2.45, 2.75) is 19.8 Å². The first kappa shape index (κ1) is 22.1. The first-order valence-corrected chi connectivity index (χ1v) is 10.9. The Bertz CT molecular complexity index is 1330. The summed E-state index contributed by atoms with van der Waals surface area (Å²) in [6, 6.07) is 5.98. The van der Waals surface area contributed by atoms with Crippen LogP contribution in [-0.2, 0) is 17.6 Å². The van der Waals surface area contributed by atoms with Gasteiger partial charge in [-0.3, -0.25) is 4.79 Å². The quantitative estimate of drug-likeness (QED) is 0.367. The Kier molecular flexibility index (Phi) is 6.34. The van der Waals surface area contributed by atoms with E-state index in [2.05, 4.69) is 15.0 Å². The number of rotatable bonds is 7. The maximum Gasteiger partial charge on any atom is 0.232 e. The fraction of sp³-hybridized carbons (Fsp3) is 0.217. The summed E-state index contributed by atoms with van der Waals surface area (Å²) in [6.45, 7) is 1.89. The maximum absolute atomic E-state index is 13.8. The molecule has 0 radical (unpaired) electrons. The molecule has 4 rings (SSSR count). The highest BCUT2D eigenvalue weighted by molar-refractivity contribution is 7.18. The Morgan fingerprint density at radius 2 is 1.94 bits per heavy atom. The molecule has 0 aliphatic rings. The van der Waals surface area contributed by atoms with E-state index in [1.54, 1.807) is 24.5 Å². The molecule has 6 nitrogen and oxygen atoms in total. The summed E-state index contributed by atoms with van der Waals surface area (Å²) in [5.41, 5.74) is 3.40. The number of Topliss-reactive ketones (excluding diaryl/α,β-unsaturated/α-hetero) is 1. The molecule has 0 unspecified atom stereocenters. The van der Waals surface area contributed by atoms with Gasteiger partial charge in [0.05, 0.1) is 19.2 Å². The number of halogens is 2. The SMILES string of the molecule is COc1cc(F)ccc1-c1c(CC(=O)Cc2cnc(OC)c(Cl)c2)cnc2sc(C)nc12. The fourth-order valence-electron chi connectivity index (χ4n) is 3.54. The number of fused-ring (bicyclic) bond motifs is 1. The molecule has 1 aromatic carbocycles. The van der Waals surface area contributed by atoms with Crippen molar-refractivity contribution in [2.75, 3.05) is 14.2 Å². The van der Waals surface area contributed by atoms with E-state index in [0.717, 1.165) is 15.4 Å². The van der Waals surface area contributed by atoms with Gasteiger partial charge in [0.2, 0.25) is 5.88 Å². The Balaban J connectivity index is 1.74. The lowest BCUT2D eigenvalue weighted by Gasteiger charge is -2.14. The van der Waals surface area contributed by atoms with Crippen LogP contribution in [0.5, 0.6) is 11.6 Å². The summed E-state index contributed by atoms with van der Waals surface area (Å²) in [5.74, 6) is 0.209. The van der Waals surface area contributed by atoms with Gasteiger partial charge in [0.1, 0.15) is 32.7 Å². The van der Waals surface area contributed by atoms with Crippen molar-refractivity contribution >= 4 is 39.1 Å². The van der Waals surface area contributed by atoms with Gasteiger partial charge in [-0.2, -0.15) is 0 Å². The number of nitrogens with zero attached hydrogens (tertiary/aromatic N) is 3. The predicted octanol–water partition coefficient (Wildman–Crippen LogP) is 5.23. The van der Waals surface area contributed by atoms with Crippen molar-refractivity contribution in [3.63, 3.8) is 0 Å². The molecular formula is C23H19ClFN3O3S. The molecule has 3 aromatic heterocycles. The lowest BCUT2D eigenvalue weighted by atomic mass is 9.95. The van der Waals surface area contributed by atoms with Gasteiger partial charge in [-0.05, 0) is 36.2 Å². The molecule has 0 amide bonds. The number of ketones is 1. The molecule has 0 fully saturated rings. The number of aryl methyl sites for hydroxylation is 1. The zero-order valence-corrected chi connectivity index (χ0v) is 19.2. The van der Waals surface area contributed by atoms with Crippen LogP contribution in [0.3, 0.4) is 0 Å². The molecule has 0 N–H and O–H groups in total. The summed E-state index contributed by atoms with van der Waals surface area (Å²) in [6.07, 6.45) is 3.50. The van der Waals surface area contributed by atoms with Crippen LogP contribution in [0.25, 0.3) is 21.5 Å². The Morgan fingerprint density at radius 3 is 2.66 bits per heavy atom. The number of thiazole rings is 1. The molecule has 32 heavy (non-hydrogen) atoms. The highest BCUT2D eigenvalue weighted by atomic mass is 35.5. The van der Waals surface area contributed by atoms with Gasteiger partial charge < -0.3 is 9.47 Å². The third kappa shape index (κ3) is 4.42. The number of ether oxygens (including phenoxy) is 2. The Morgan fingerprint density at radius 1 is 1.12 bits per heavy atom. The summed E-state index contributed by atoms with van der Waals surface area (Å²) < 4.78 is 24.3. The predicted molar refractivity (Wildman–Crippen MR) is 122 cm³/mol. The summed E-state index contributed by atoms with van der Waals surface area (Å²) in [7, 11) is 2.96. The van der Waals surface area contributed by atoms with E-state index in [9.17, 15) is 9.18 Å². The lowest BCUT2D eigenvalue weighted by molar-refractivity contribution is -0.117. The Hall–Kier alpha value is -3.10. The average molecular weight is 472 g/mol. The molecule has 164 valence electrons. The lowest BCUT2D eigenvalue weighted by Crippen LogP contribution is -2.09. The minimum atomic E-state index is -0.410. The largest absolute Gasteiger partial charge is 0.496 e. The number of pyridine rings is 2. The summed E-state index contributed by atoms with van der Waals surface area (Å²) in [5, 5.41) is 1.19. The summed E-state index contributed by atoms with van der Waals surface area (Å²) in [4.78, 5) is 26.9. The fourth-order valence-corrected chi connectivity index (χ4v) is 4.57. The van der Waals surface area contributed by atoms with Crippen molar-refractivity contribution in [3.05, 3.63) is 63.6 Å². The van der Waals surface area contributed by atoms with Gasteiger partial charge in [0.15, 0.2) is 0 Å². The molecule has 0 aliphatic heterocycles. The summed E-state index contributed by atoms with van der Waals surface area (Å²) >= 11 is 7.59. The number of hydrogen-bond donors (Lipinski definition) is 0. The number of carbonyl (C=O) groups excluding carboxylic acids is 1. The third-order valence-corrected chi connectivity index (χ3v) is 6.04. The van der Waals surface area contributed by atoms with E-state index >= 15 is 0 Å². The number of carbonyl (C=O) groups is 1. The van der Waals surface area contributed by atoms with Crippen molar-refractivity contribution in [3.8, 4) is 22.8 Å². The molecule has 0 saturated heterocycles. The van der Waals surface area contributed by atoms with Crippen LogP contribution < -0.4 is 9.47 Å². The molecular weight excluding hydrogens is 453 g/mol. The first-order chi connectivity index (χ1) is 15.4. The zero-order chi connectivity index (χ0) is 22.8. The van der Waals surface area contributed by atoms with E-state index in [-0.39, 0.29) is 18.6 Å². The minimum absolute atomic E-state index is 0.0523. The third-order valence-electron chi connectivity index (χ3n) is 4.89. The van der Waals surface area contributed by atoms with Gasteiger partial charge in [-0.15, -0.1) is 0 Å². The number of benzene rings is 1. The molecule has 0 spiro atoms. The number of aromatic nitrogens is 3. The van der Waals surface area contributed by atoms with Crippen molar-refractivity contribution in [2.24, 2.45) is 0 Å². The average Bonchev–Trinajstić information content (AvgIpc) is 3.14. The van der Waals surface area contributed by atoms with Gasteiger partial charge in [-0.1, -0.05) is 22.9 Å². The van der Waals surface area contributed by atoms with Crippen LogP contribution in [-0.4, -0.2) is 35.0 Å². The van der Waals surface area contributed by atoms with Crippen LogP contribution in [0.4, 0.5) is 4.39 Å². The second kappa shape index (κ2) is 9.18. The van der Waals surface area contributed by atoms with E-state index in [1.807, 2.05) is 6.92 Å². The van der Waals surface area contributed by atoms with Crippen LogP contribution >= 0.6 is 22.9 Å². The first-order valence-electron chi connectivity index (χ1n) is 9.68. The zero-order valence-electron chi connectivity index (χ0n) is 17.6. The maximum atomic E-state index is 13.8. The van der Waals surface area contributed by atoms with Crippen LogP contribution in [0.1, 0.15) is 16.1 Å². The van der Waals surface area contributed by atoms with Crippen LogP contribution in [0.15, 0.2) is 36.7 Å². The monoisotopic (exact) mass is 471 g/mol. The second-order valence-electron chi connectivity index (χ2n) is 7.12. The van der Waals surface area contributed by atoms with E-state index in [1.165, 1.54) is 37.7 Å². The molecule has 0 atom stereocenters. The standard InChI is InChI=1S/C23H19ClFN3O3S/c1-12-28-21-20(17-5-4-15(25)9-19(17)30-2)14(11-27-23(21)32-12)8-16(29)6-13-7-18(24)22(31-3)26-10-13/h4-5,7,9-11H,6,8H2,1-3H3. The highest BCUT2D eigenvalue weighted by Gasteiger charge is 2.20. The normalized spacial score (nSPS) is 11.0. The molecule has 4 aromatic rings. The smallest absolute Gasteiger partial charge is 0.232 e. The van der Waals surface area contributed by atoms with E-state index < -0.39 is 5.82 Å². The van der Waals surface area contributed by atoms with E-state index in [4.69, 9.17) is 21.1 Å². The van der Waals surface area contributed by atoms with Crippen molar-refractivity contribution in [1.82, 2.24) is 15.0 Å². The van der Waals surface area contributed by atoms with Gasteiger partial charge in [0.25, 0.3) is 0 Å². The number of hydrogen-bond acceptors (Lipinski definition) is 7. The van der Waals surface area contributed by atoms with Gasteiger partial charge in [0, 0.05) is 42.4 Å². The topological polar surface area (TPSA) is 74.2 Å². The minimum Gasteiger partial charge on any atom is -0.496 e. The highest BCUT2D eigenvalue weighted by Crippen LogP contribution is 2.38. The molecule has 0 bridgehead atoms. The van der Waals surface area contributed by atoms with Gasteiger partial charge in [-0.25, -0.2) is 19.3 Å². The van der Waals surface area contributed by atoms with Crippen molar-refractivity contribution in [1.29, 1.82) is 0 Å². The second-order valence-corrected chi connectivity index (χ2v) is 8.71. The Labute approximate surface area is 193 Å². The van der Waals surface area contributed by atoms with Crippen LogP contribution in [0.2, 0.25) is 5.02 Å². The number of methoxy groups -OCH3 is 2. The molecule has 3 heterocycles. The molecule has 9 heteroatoms. The molecule has 0 saturated carbocycles. The molecule has 0 aliphatic carbocycles.